The van der Waals surface area contributed by atoms with Gasteiger partial charge in [-0.15, -0.1) is 11.3 Å². The number of amides is 3. The molecular weight excluding hydrogens is 372 g/mol. The number of thiophene rings is 1. The highest BCUT2D eigenvalue weighted by atomic mass is 32.1. The van der Waals surface area contributed by atoms with Crippen LogP contribution < -0.4 is 10.6 Å². The number of fused-ring (bicyclic) bond motifs is 1. The number of furan rings is 1. The minimum Gasteiger partial charge on any atom is -0.472 e. The maximum atomic E-state index is 12.4. The first-order valence-electron chi connectivity index (χ1n) is 8.06. The van der Waals surface area contributed by atoms with Crippen molar-refractivity contribution in [2.75, 3.05) is 11.9 Å². The summed E-state index contributed by atoms with van der Waals surface area (Å²) in [7, 11) is 0. The molecule has 7 nitrogen and oxygen atoms in total. The summed E-state index contributed by atoms with van der Waals surface area (Å²) in [6.45, 7) is 1.65. The number of aromatic nitrogens is 1. The molecule has 4 rings (SSSR count). The van der Waals surface area contributed by atoms with E-state index in [1.165, 1.54) is 23.9 Å². The van der Waals surface area contributed by atoms with Crippen LogP contribution in [0.2, 0.25) is 0 Å². The highest BCUT2D eigenvalue weighted by Crippen LogP contribution is 2.28. The van der Waals surface area contributed by atoms with Gasteiger partial charge in [-0.05, 0) is 17.5 Å². The Balaban J connectivity index is 1.37. The van der Waals surface area contributed by atoms with Crippen LogP contribution in [0.25, 0.3) is 0 Å². The maximum absolute atomic E-state index is 12.4. The predicted molar refractivity (Wildman–Crippen MR) is 99.4 cm³/mol. The lowest BCUT2D eigenvalue weighted by Crippen LogP contribution is -2.42. The van der Waals surface area contributed by atoms with Gasteiger partial charge in [0.1, 0.15) is 6.26 Å². The van der Waals surface area contributed by atoms with Gasteiger partial charge in [0.15, 0.2) is 5.13 Å². The van der Waals surface area contributed by atoms with Crippen molar-refractivity contribution in [1.82, 2.24) is 15.2 Å². The molecule has 2 N–H and O–H groups in total. The minimum atomic E-state index is -0.254. The summed E-state index contributed by atoms with van der Waals surface area (Å²) < 4.78 is 4.92. The zero-order chi connectivity index (χ0) is 17.9. The fraction of sp³-hybridized carbons (Fsp3) is 0.235. The number of urea groups is 1. The highest BCUT2D eigenvalue weighted by Gasteiger charge is 2.24. The Kier molecular flexibility index (Phi) is 4.72. The molecule has 0 spiro atoms. The molecule has 4 heterocycles. The smallest absolute Gasteiger partial charge is 0.318 e. The number of nitrogens with one attached hydrogen (secondary N) is 2. The third-order valence-corrected chi connectivity index (χ3v) is 5.89. The van der Waals surface area contributed by atoms with E-state index in [1.807, 2.05) is 17.5 Å². The summed E-state index contributed by atoms with van der Waals surface area (Å²) >= 11 is 3.02. The summed E-state index contributed by atoms with van der Waals surface area (Å²) in [5.41, 5.74) is 1.40. The van der Waals surface area contributed by atoms with Gasteiger partial charge in [0.05, 0.1) is 30.6 Å². The molecule has 0 fully saturated rings. The molecule has 0 aliphatic carbocycles. The fourth-order valence-electron chi connectivity index (χ4n) is 2.67. The molecule has 0 unspecified atom stereocenters. The molecule has 0 atom stereocenters. The Morgan fingerprint density at radius 1 is 1.35 bits per heavy atom. The van der Waals surface area contributed by atoms with E-state index in [0.29, 0.717) is 36.8 Å². The maximum Gasteiger partial charge on any atom is 0.318 e. The monoisotopic (exact) mass is 388 g/mol. The molecule has 0 saturated heterocycles. The van der Waals surface area contributed by atoms with E-state index in [1.54, 1.807) is 22.3 Å². The molecule has 0 saturated carbocycles. The van der Waals surface area contributed by atoms with Crippen LogP contribution >= 0.6 is 22.7 Å². The summed E-state index contributed by atoms with van der Waals surface area (Å²) in [4.78, 5) is 32.8. The molecule has 3 amide bonds. The zero-order valence-corrected chi connectivity index (χ0v) is 15.4. The third kappa shape index (κ3) is 3.63. The van der Waals surface area contributed by atoms with Crippen molar-refractivity contribution in [3.05, 3.63) is 57.1 Å². The SMILES string of the molecule is O=C(Nc1nc2c(s1)CN(C(=O)NCc1cccs1)CC2)c1ccoc1. The van der Waals surface area contributed by atoms with Crippen molar-refractivity contribution in [2.45, 2.75) is 19.5 Å². The number of hydrogen-bond donors (Lipinski definition) is 2. The Hall–Kier alpha value is -2.65. The zero-order valence-electron chi connectivity index (χ0n) is 13.7. The molecule has 0 aromatic carbocycles. The number of carbonyl (C=O) groups is 2. The Labute approximate surface area is 157 Å². The number of nitrogens with zero attached hydrogens (tertiary/aromatic N) is 2. The van der Waals surface area contributed by atoms with E-state index < -0.39 is 0 Å². The van der Waals surface area contributed by atoms with Gasteiger partial charge >= 0.3 is 6.03 Å². The van der Waals surface area contributed by atoms with E-state index in [4.69, 9.17) is 4.42 Å². The third-order valence-electron chi connectivity index (χ3n) is 4.02. The topological polar surface area (TPSA) is 87.5 Å². The number of rotatable bonds is 4. The van der Waals surface area contributed by atoms with Gasteiger partial charge in [-0.3, -0.25) is 10.1 Å². The van der Waals surface area contributed by atoms with Crippen molar-refractivity contribution in [3.63, 3.8) is 0 Å². The fourth-order valence-corrected chi connectivity index (χ4v) is 4.34. The minimum absolute atomic E-state index is 0.0820. The second kappa shape index (κ2) is 7.30. The lowest BCUT2D eigenvalue weighted by molar-refractivity contribution is 0.102. The largest absolute Gasteiger partial charge is 0.472 e. The van der Waals surface area contributed by atoms with E-state index in [2.05, 4.69) is 15.6 Å². The second-order valence-corrected chi connectivity index (χ2v) is 7.88. The Morgan fingerprint density at radius 2 is 2.27 bits per heavy atom. The Morgan fingerprint density at radius 3 is 3.04 bits per heavy atom. The van der Waals surface area contributed by atoms with E-state index in [9.17, 15) is 9.59 Å². The molecule has 3 aromatic rings. The van der Waals surface area contributed by atoms with Gasteiger partial charge in [-0.25, -0.2) is 9.78 Å². The van der Waals surface area contributed by atoms with Crippen molar-refractivity contribution in [1.29, 1.82) is 0 Å². The normalized spacial score (nSPS) is 13.3. The molecule has 0 radical (unpaired) electrons. The quantitative estimate of drug-likeness (QED) is 0.718. The summed E-state index contributed by atoms with van der Waals surface area (Å²) in [6, 6.07) is 5.48. The van der Waals surface area contributed by atoms with Gasteiger partial charge in [-0.1, -0.05) is 17.4 Å². The van der Waals surface area contributed by atoms with Crippen LogP contribution in [0.1, 0.15) is 25.8 Å². The molecule has 1 aliphatic rings. The number of thiazole rings is 1. The number of hydrogen-bond acceptors (Lipinski definition) is 6. The molecular formula is C17H16N4O3S2. The molecule has 9 heteroatoms. The average Bonchev–Trinajstić information content (AvgIpc) is 3.39. The molecule has 26 heavy (non-hydrogen) atoms. The Bertz CT molecular complexity index is 903. The molecule has 3 aromatic heterocycles. The van der Waals surface area contributed by atoms with E-state index in [0.717, 1.165) is 15.4 Å². The lowest BCUT2D eigenvalue weighted by atomic mass is 10.2. The molecule has 1 aliphatic heterocycles. The van der Waals surface area contributed by atoms with Crippen molar-refractivity contribution < 1.29 is 14.0 Å². The van der Waals surface area contributed by atoms with Gasteiger partial charge in [0, 0.05) is 22.7 Å². The first kappa shape index (κ1) is 16.8. The van der Waals surface area contributed by atoms with Crippen LogP contribution in [0, 0.1) is 0 Å². The van der Waals surface area contributed by atoms with Gasteiger partial charge in [-0.2, -0.15) is 0 Å². The summed E-state index contributed by atoms with van der Waals surface area (Å²) in [5.74, 6) is -0.254. The van der Waals surface area contributed by atoms with Crippen LogP contribution in [0.3, 0.4) is 0 Å². The highest BCUT2D eigenvalue weighted by molar-refractivity contribution is 7.15. The first-order chi connectivity index (χ1) is 12.7. The van der Waals surface area contributed by atoms with Gasteiger partial charge < -0.3 is 14.6 Å². The van der Waals surface area contributed by atoms with Crippen molar-refractivity contribution >= 4 is 39.7 Å². The standard InChI is InChI=1S/C17H16N4O3S2/c22-15(11-4-6-24-10-11)20-16-19-13-3-5-21(9-14(13)26-16)17(23)18-8-12-2-1-7-25-12/h1-2,4,6-7,10H,3,5,8-9H2,(H,18,23)(H,19,20,22). The van der Waals surface area contributed by atoms with Crippen LogP contribution in [0.15, 0.2) is 40.5 Å². The second-order valence-electron chi connectivity index (χ2n) is 5.76. The van der Waals surface area contributed by atoms with Crippen LogP contribution in [-0.4, -0.2) is 28.4 Å². The number of anilines is 1. The summed E-state index contributed by atoms with van der Waals surface area (Å²) in [6.07, 6.45) is 3.52. The van der Waals surface area contributed by atoms with Crippen LogP contribution in [0.5, 0.6) is 0 Å². The predicted octanol–water partition coefficient (Wildman–Crippen LogP) is 3.32. The van der Waals surface area contributed by atoms with Gasteiger partial charge in [0.25, 0.3) is 5.91 Å². The van der Waals surface area contributed by atoms with Gasteiger partial charge in [0.2, 0.25) is 0 Å². The molecule has 0 bridgehead atoms. The number of carbonyl (C=O) groups excluding carboxylic acids is 2. The van der Waals surface area contributed by atoms with Crippen LogP contribution in [-0.2, 0) is 19.5 Å². The lowest BCUT2D eigenvalue weighted by Gasteiger charge is -2.26. The molecule has 134 valence electrons. The average molecular weight is 388 g/mol. The van der Waals surface area contributed by atoms with E-state index in [-0.39, 0.29) is 11.9 Å². The van der Waals surface area contributed by atoms with Crippen molar-refractivity contribution in [3.8, 4) is 0 Å². The van der Waals surface area contributed by atoms with Crippen molar-refractivity contribution in [2.24, 2.45) is 0 Å². The summed E-state index contributed by atoms with van der Waals surface area (Å²) in [5, 5.41) is 8.26. The van der Waals surface area contributed by atoms with Crippen LogP contribution in [0.4, 0.5) is 9.93 Å². The van der Waals surface area contributed by atoms with E-state index >= 15 is 0 Å². The first-order valence-corrected chi connectivity index (χ1v) is 9.76.